The minimum atomic E-state index is -4.77. The number of ether oxygens (including phenoxy) is 1. The molecule has 40 heavy (non-hydrogen) atoms. The third-order valence-corrected chi connectivity index (χ3v) is 8.36. The molecule has 1 aromatic rings. The number of nitrogens with one attached hydrogen (secondary N) is 1. The zero-order valence-corrected chi connectivity index (χ0v) is 22.9. The molecule has 1 aromatic carbocycles. The van der Waals surface area contributed by atoms with Gasteiger partial charge in [-0.3, -0.25) is 19.3 Å². The van der Waals surface area contributed by atoms with E-state index in [1.807, 2.05) is 0 Å². The Morgan fingerprint density at radius 3 is 2.33 bits per heavy atom. The monoisotopic (exact) mass is 570 g/mol. The van der Waals surface area contributed by atoms with Gasteiger partial charge < -0.3 is 19.9 Å². The van der Waals surface area contributed by atoms with Gasteiger partial charge in [0, 0.05) is 33.8 Å². The predicted octanol–water partition coefficient (Wildman–Crippen LogP) is 3.28. The number of piperidine rings is 1. The van der Waals surface area contributed by atoms with Crippen LogP contribution in [0.1, 0.15) is 55.5 Å². The molecule has 1 N–H and O–H groups in total. The van der Waals surface area contributed by atoms with E-state index in [0.29, 0.717) is 24.7 Å². The zero-order chi connectivity index (χ0) is 29.6. The Kier molecular flexibility index (Phi) is 8.17. The average molecular weight is 571 g/mol. The number of benzene rings is 1. The molecule has 1 saturated carbocycles. The second-order valence-corrected chi connectivity index (χ2v) is 11.2. The Hall–Kier alpha value is -3.22. The van der Waals surface area contributed by atoms with Crippen molar-refractivity contribution in [2.24, 2.45) is 11.8 Å². The Labute approximate surface area is 229 Å². The lowest BCUT2D eigenvalue weighted by molar-refractivity contribution is -0.142. The fourth-order valence-electron chi connectivity index (χ4n) is 5.79. The molecular formula is C27H34F4N4O5. The predicted molar refractivity (Wildman–Crippen MR) is 134 cm³/mol. The van der Waals surface area contributed by atoms with Crippen LogP contribution in [0.5, 0.6) is 0 Å². The third kappa shape index (κ3) is 5.39. The highest BCUT2D eigenvalue weighted by Crippen LogP contribution is 2.40. The van der Waals surface area contributed by atoms with Crippen LogP contribution in [0.15, 0.2) is 18.2 Å². The van der Waals surface area contributed by atoms with E-state index in [2.05, 4.69) is 5.32 Å². The molecular weight excluding hydrogens is 536 g/mol. The van der Waals surface area contributed by atoms with Crippen molar-refractivity contribution in [3.05, 3.63) is 35.1 Å². The van der Waals surface area contributed by atoms with Gasteiger partial charge in [0.1, 0.15) is 17.4 Å². The molecule has 3 aliphatic rings. The highest BCUT2D eigenvalue weighted by atomic mass is 19.4. The first-order chi connectivity index (χ1) is 18.7. The first-order valence-corrected chi connectivity index (χ1v) is 13.3. The minimum Gasteiger partial charge on any atom is -0.381 e. The van der Waals surface area contributed by atoms with Crippen molar-refractivity contribution in [1.82, 2.24) is 20.0 Å². The molecule has 5 amide bonds. The molecule has 1 spiro atoms. The number of rotatable bonds is 7. The number of carbonyl (C=O) groups is 4. The number of carbonyl (C=O) groups excluding carboxylic acids is 4. The molecule has 0 radical (unpaired) electrons. The molecule has 0 aromatic heterocycles. The van der Waals surface area contributed by atoms with Crippen LogP contribution in [0.4, 0.5) is 22.4 Å². The fraction of sp³-hybridized carbons (Fsp3) is 0.630. The number of urea groups is 1. The molecule has 2 heterocycles. The summed E-state index contributed by atoms with van der Waals surface area (Å²) >= 11 is 0. The van der Waals surface area contributed by atoms with Crippen LogP contribution in [0.3, 0.4) is 0 Å². The van der Waals surface area contributed by atoms with Crippen LogP contribution in [0, 0.1) is 17.7 Å². The molecule has 0 bridgehead atoms. The quantitative estimate of drug-likeness (QED) is 0.401. The maximum atomic E-state index is 14.3. The number of alkyl halides is 3. The molecule has 2 aliphatic heterocycles. The van der Waals surface area contributed by atoms with Gasteiger partial charge in [-0.15, -0.1) is 0 Å². The number of likely N-dealkylation sites (N-methyl/N-ethyl adjacent to an activating group) is 1. The highest BCUT2D eigenvalue weighted by molar-refractivity contribution is 6.07. The minimum absolute atomic E-state index is 0.130. The van der Waals surface area contributed by atoms with Crippen molar-refractivity contribution in [2.75, 3.05) is 33.8 Å². The van der Waals surface area contributed by atoms with E-state index in [9.17, 15) is 36.7 Å². The normalized spacial score (nSPS) is 23.6. The standard InChI is InChI=1S/C27H34F4N4O5/c1-15(2)21(32-22(36)19-13-17(27(29,30)31)5-6-20(19)28)23(37)34-9-7-26(8-10-34)24(38)33(3)25(39)35(26)14-16-11-18(12-16)40-4/h5-6,13,15-16,18,21H,7-12,14H2,1-4H3,(H,32,36)/t16?,18?,21-/m1/s1. The van der Waals surface area contributed by atoms with Gasteiger partial charge in [-0.05, 0) is 55.7 Å². The van der Waals surface area contributed by atoms with Crippen LogP contribution in [0.25, 0.3) is 0 Å². The second kappa shape index (κ2) is 11.0. The molecule has 4 rings (SSSR count). The van der Waals surface area contributed by atoms with Crippen molar-refractivity contribution in [1.29, 1.82) is 0 Å². The van der Waals surface area contributed by atoms with Crippen LogP contribution >= 0.6 is 0 Å². The second-order valence-electron chi connectivity index (χ2n) is 11.2. The van der Waals surface area contributed by atoms with E-state index in [4.69, 9.17) is 4.74 Å². The van der Waals surface area contributed by atoms with Gasteiger partial charge in [-0.1, -0.05) is 13.8 Å². The summed E-state index contributed by atoms with van der Waals surface area (Å²) in [4.78, 5) is 56.7. The topological polar surface area (TPSA) is 99.3 Å². The van der Waals surface area contributed by atoms with Gasteiger partial charge in [-0.25, -0.2) is 9.18 Å². The summed E-state index contributed by atoms with van der Waals surface area (Å²) in [6, 6.07) is 0.00642. The molecule has 13 heteroatoms. The van der Waals surface area contributed by atoms with Crippen LogP contribution < -0.4 is 5.32 Å². The Bertz CT molecular complexity index is 1180. The van der Waals surface area contributed by atoms with Gasteiger partial charge in [0.2, 0.25) is 5.91 Å². The number of methoxy groups -OCH3 is 1. The van der Waals surface area contributed by atoms with Crippen molar-refractivity contribution >= 4 is 23.8 Å². The van der Waals surface area contributed by atoms with Crippen molar-refractivity contribution < 1.29 is 41.5 Å². The summed E-state index contributed by atoms with van der Waals surface area (Å²) in [5, 5.41) is 2.40. The summed E-state index contributed by atoms with van der Waals surface area (Å²) in [6.07, 6.45) is -2.64. The molecule has 0 unspecified atom stereocenters. The number of likely N-dealkylation sites (tertiary alicyclic amines) is 1. The first-order valence-electron chi connectivity index (χ1n) is 13.3. The number of halogens is 4. The molecule has 3 fully saturated rings. The van der Waals surface area contributed by atoms with E-state index in [-0.39, 0.29) is 49.9 Å². The molecule has 2 saturated heterocycles. The van der Waals surface area contributed by atoms with E-state index in [1.165, 1.54) is 11.9 Å². The lowest BCUT2D eigenvalue weighted by atomic mass is 9.79. The van der Waals surface area contributed by atoms with Crippen LogP contribution in [-0.4, -0.2) is 89.9 Å². The number of hydrogen-bond acceptors (Lipinski definition) is 5. The average Bonchev–Trinajstić information content (AvgIpc) is 3.04. The summed E-state index contributed by atoms with van der Waals surface area (Å²) in [7, 11) is 3.08. The maximum Gasteiger partial charge on any atom is 0.416 e. The summed E-state index contributed by atoms with van der Waals surface area (Å²) in [5.74, 6) is -3.35. The van der Waals surface area contributed by atoms with E-state index in [1.54, 1.807) is 25.9 Å². The van der Waals surface area contributed by atoms with E-state index < -0.39 is 52.4 Å². The summed E-state index contributed by atoms with van der Waals surface area (Å²) < 4.78 is 58.9. The van der Waals surface area contributed by atoms with Crippen molar-refractivity contribution in [3.63, 3.8) is 0 Å². The number of amides is 5. The molecule has 1 aliphatic carbocycles. The SMILES string of the molecule is COC1CC(CN2C(=O)N(C)C(=O)C23CCN(C(=O)[C@H](NC(=O)c2cc(C(F)(F)F)ccc2F)C(C)C)CC3)C1. The Morgan fingerprint density at radius 2 is 1.77 bits per heavy atom. The van der Waals surface area contributed by atoms with E-state index in [0.717, 1.165) is 17.7 Å². The lowest BCUT2D eigenvalue weighted by Gasteiger charge is -2.45. The van der Waals surface area contributed by atoms with Gasteiger partial charge in [0.15, 0.2) is 0 Å². The third-order valence-electron chi connectivity index (χ3n) is 8.36. The summed E-state index contributed by atoms with van der Waals surface area (Å²) in [5.41, 5.74) is -3.07. The fourth-order valence-corrected chi connectivity index (χ4v) is 5.79. The number of hydrogen-bond donors (Lipinski definition) is 1. The van der Waals surface area contributed by atoms with Crippen molar-refractivity contribution in [2.45, 2.75) is 63.4 Å². The molecule has 220 valence electrons. The Morgan fingerprint density at radius 1 is 1.15 bits per heavy atom. The highest BCUT2D eigenvalue weighted by Gasteiger charge is 2.58. The smallest absolute Gasteiger partial charge is 0.381 e. The van der Waals surface area contributed by atoms with Crippen molar-refractivity contribution in [3.8, 4) is 0 Å². The Balaban J connectivity index is 1.46. The summed E-state index contributed by atoms with van der Waals surface area (Å²) in [6.45, 7) is 3.97. The number of imide groups is 1. The molecule has 1 atom stereocenters. The van der Waals surface area contributed by atoms with Gasteiger partial charge in [0.25, 0.3) is 11.8 Å². The van der Waals surface area contributed by atoms with E-state index >= 15 is 0 Å². The zero-order valence-electron chi connectivity index (χ0n) is 22.9. The van der Waals surface area contributed by atoms with Gasteiger partial charge in [0.05, 0.1) is 17.2 Å². The lowest BCUT2D eigenvalue weighted by Crippen LogP contribution is -2.61. The van der Waals surface area contributed by atoms with Gasteiger partial charge >= 0.3 is 12.2 Å². The largest absolute Gasteiger partial charge is 0.416 e. The molecule has 9 nitrogen and oxygen atoms in total. The van der Waals surface area contributed by atoms with Gasteiger partial charge in [-0.2, -0.15) is 13.2 Å². The maximum absolute atomic E-state index is 14.3. The number of nitrogens with zero attached hydrogens (tertiary/aromatic N) is 3. The van der Waals surface area contributed by atoms with Crippen LogP contribution in [0.2, 0.25) is 0 Å². The van der Waals surface area contributed by atoms with Crippen LogP contribution in [-0.2, 0) is 20.5 Å². The first kappa shape index (κ1) is 29.8.